The van der Waals surface area contributed by atoms with E-state index >= 15 is 0 Å². The minimum atomic E-state index is 0.950. The summed E-state index contributed by atoms with van der Waals surface area (Å²) >= 11 is 0. The molecule has 100 valence electrons. The molecule has 0 amide bonds. The van der Waals surface area contributed by atoms with E-state index in [9.17, 15) is 0 Å². The average Bonchev–Trinajstić information content (AvgIpc) is 3.04. The predicted octanol–water partition coefficient (Wildman–Crippen LogP) is 2.51. The molecule has 3 rings (SSSR count). The molecule has 2 aliphatic rings. The number of nitrogens with zero attached hydrogens (tertiary/aromatic N) is 2. The summed E-state index contributed by atoms with van der Waals surface area (Å²) in [5, 5.41) is 8.16. The molecule has 3 unspecified atom stereocenters. The fourth-order valence-corrected chi connectivity index (χ4v) is 4.05. The van der Waals surface area contributed by atoms with E-state index in [0.29, 0.717) is 0 Å². The fraction of sp³-hybridized carbons (Fsp3) is 0.800. The molecule has 0 aliphatic heterocycles. The normalized spacial score (nSPS) is 30.2. The molecular formula is C15H25N3. The Morgan fingerprint density at radius 1 is 1.39 bits per heavy atom. The summed E-state index contributed by atoms with van der Waals surface area (Å²) in [6.07, 6.45) is 9.18. The van der Waals surface area contributed by atoms with Gasteiger partial charge in [0.2, 0.25) is 0 Å². The number of hydrogen-bond donors (Lipinski definition) is 1. The maximum absolute atomic E-state index is 4.49. The zero-order valence-corrected chi connectivity index (χ0v) is 11.7. The monoisotopic (exact) mass is 247 g/mol. The maximum atomic E-state index is 4.49. The lowest BCUT2D eigenvalue weighted by Crippen LogP contribution is -2.26. The SMILES string of the molecule is CCc1nn(C)cc1CNCC1CC2CCC1C2. The highest BCUT2D eigenvalue weighted by atomic mass is 15.3. The molecule has 2 fully saturated rings. The smallest absolute Gasteiger partial charge is 0.0666 e. The van der Waals surface area contributed by atoms with Crippen molar-refractivity contribution in [3.05, 3.63) is 17.5 Å². The van der Waals surface area contributed by atoms with Crippen molar-refractivity contribution in [3.8, 4) is 0 Å². The van der Waals surface area contributed by atoms with Crippen LogP contribution in [0, 0.1) is 17.8 Å². The lowest BCUT2D eigenvalue weighted by molar-refractivity contribution is 0.318. The first-order valence-corrected chi connectivity index (χ1v) is 7.48. The van der Waals surface area contributed by atoms with Gasteiger partial charge in [0.25, 0.3) is 0 Å². The van der Waals surface area contributed by atoms with Gasteiger partial charge in [-0.15, -0.1) is 0 Å². The van der Waals surface area contributed by atoms with Crippen LogP contribution in [0.2, 0.25) is 0 Å². The fourth-order valence-electron chi connectivity index (χ4n) is 4.05. The van der Waals surface area contributed by atoms with Gasteiger partial charge in [0.1, 0.15) is 0 Å². The lowest BCUT2D eigenvalue weighted by atomic mass is 9.89. The second kappa shape index (κ2) is 5.04. The summed E-state index contributed by atoms with van der Waals surface area (Å²) in [6, 6.07) is 0. The van der Waals surface area contributed by atoms with Gasteiger partial charge in [-0.2, -0.15) is 5.10 Å². The van der Waals surface area contributed by atoms with E-state index in [0.717, 1.165) is 30.7 Å². The Bertz CT molecular complexity index is 410. The Hall–Kier alpha value is -0.830. The first-order valence-electron chi connectivity index (χ1n) is 7.48. The van der Waals surface area contributed by atoms with Crippen LogP contribution in [0.1, 0.15) is 43.9 Å². The summed E-state index contributed by atoms with van der Waals surface area (Å²) in [7, 11) is 2.01. The third-order valence-electron chi connectivity index (χ3n) is 4.93. The highest BCUT2D eigenvalue weighted by molar-refractivity contribution is 5.16. The highest BCUT2D eigenvalue weighted by Gasteiger charge is 2.38. The molecule has 1 aromatic rings. The van der Waals surface area contributed by atoms with Crippen LogP contribution in [0.3, 0.4) is 0 Å². The molecule has 3 atom stereocenters. The number of rotatable bonds is 5. The van der Waals surface area contributed by atoms with Crippen LogP contribution in [-0.4, -0.2) is 16.3 Å². The zero-order chi connectivity index (χ0) is 12.5. The average molecular weight is 247 g/mol. The van der Waals surface area contributed by atoms with Gasteiger partial charge in [-0.1, -0.05) is 13.3 Å². The summed E-state index contributed by atoms with van der Waals surface area (Å²) in [5.41, 5.74) is 2.63. The van der Waals surface area contributed by atoms with E-state index in [1.165, 1.54) is 43.5 Å². The minimum Gasteiger partial charge on any atom is -0.312 e. The van der Waals surface area contributed by atoms with Crippen molar-refractivity contribution in [2.45, 2.75) is 45.6 Å². The quantitative estimate of drug-likeness (QED) is 0.866. The molecule has 3 heteroatoms. The summed E-state index contributed by atoms with van der Waals surface area (Å²) in [5.74, 6) is 3.04. The largest absolute Gasteiger partial charge is 0.312 e. The topological polar surface area (TPSA) is 29.9 Å². The number of aromatic nitrogens is 2. The second-order valence-electron chi connectivity index (χ2n) is 6.19. The van der Waals surface area contributed by atoms with Crippen LogP contribution in [0.5, 0.6) is 0 Å². The number of nitrogens with one attached hydrogen (secondary N) is 1. The highest BCUT2D eigenvalue weighted by Crippen LogP contribution is 2.47. The van der Waals surface area contributed by atoms with Gasteiger partial charge >= 0.3 is 0 Å². The first kappa shape index (κ1) is 12.2. The van der Waals surface area contributed by atoms with Crippen molar-refractivity contribution in [2.24, 2.45) is 24.8 Å². The Kier molecular flexibility index (Phi) is 3.42. The van der Waals surface area contributed by atoms with Crippen molar-refractivity contribution < 1.29 is 0 Å². The van der Waals surface area contributed by atoms with Crippen molar-refractivity contribution in [2.75, 3.05) is 6.54 Å². The van der Waals surface area contributed by atoms with Crippen LogP contribution in [0.15, 0.2) is 6.20 Å². The number of hydrogen-bond acceptors (Lipinski definition) is 2. The Balaban J connectivity index is 1.49. The standard InChI is InChI=1S/C15H25N3/c1-3-15-14(10-18(2)17-15)9-16-8-13-7-11-4-5-12(13)6-11/h10-13,16H,3-9H2,1-2H3. The van der Waals surface area contributed by atoms with Crippen molar-refractivity contribution in [3.63, 3.8) is 0 Å². The second-order valence-corrected chi connectivity index (χ2v) is 6.19. The van der Waals surface area contributed by atoms with Gasteiger partial charge in [-0.05, 0) is 50.0 Å². The first-order chi connectivity index (χ1) is 8.76. The third kappa shape index (κ3) is 2.33. The molecule has 2 saturated carbocycles. The molecule has 18 heavy (non-hydrogen) atoms. The van der Waals surface area contributed by atoms with Gasteiger partial charge < -0.3 is 5.32 Å². The third-order valence-corrected chi connectivity index (χ3v) is 4.93. The molecule has 2 aliphatic carbocycles. The minimum absolute atomic E-state index is 0.950. The number of fused-ring (bicyclic) bond motifs is 2. The van der Waals surface area contributed by atoms with Gasteiger partial charge in [-0.25, -0.2) is 0 Å². The van der Waals surface area contributed by atoms with Gasteiger partial charge in [-0.3, -0.25) is 4.68 Å². The molecule has 1 heterocycles. The summed E-state index contributed by atoms with van der Waals surface area (Å²) in [6.45, 7) is 4.38. The van der Waals surface area contributed by atoms with Crippen LogP contribution in [-0.2, 0) is 20.0 Å². The summed E-state index contributed by atoms with van der Waals surface area (Å²) < 4.78 is 1.94. The molecule has 3 nitrogen and oxygen atoms in total. The van der Waals surface area contributed by atoms with Crippen LogP contribution >= 0.6 is 0 Å². The Morgan fingerprint density at radius 3 is 2.94 bits per heavy atom. The van der Waals surface area contributed by atoms with E-state index in [-0.39, 0.29) is 0 Å². The predicted molar refractivity (Wildman–Crippen MR) is 73.2 cm³/mol. The van der Waals surface area contributed by atoms with E-state index in [2.05, 4.69) is 23.5 Å². The van der Waals surface area contributed by atoms with E-state index < -0.39 is 0 Å². The van der Waals surface area contributed by atoms with Crippen LogP contribution in [0.25, 0.3) is 0 Å². The molecule has 0 saturated heterocycles. The van der Waals surface area contributed by atoms with Crippen LogP contribution < -0.4 is 5.32 Å². The zero-order valence-electron chi connectivity index (χ0n) is 11.7. The van der Waals surface area contributed by atoms with Gasteiger partial charge in [0.05, 0.1) is 5.69 Å². The molecule has 0 spiro atoms. The van der Waals surface area contributed by atoms with E-state index in [1.807, 2.05) is 11.7 Å². The van der Waals surface area contributed by atoms with Crippen LogP contribution in [0.4, 0.5) is 0 Å². The molecular weight excluding hydrogens is 222 g/mol. The van der Waals surface area contributed by atoms with Crippen molar-refractivity contribution >= 4 is 0 Å². The molecule has 0 aromatic carbocycles. The molecule has 2 bridgehead atoms. The number of aryl methyl sites for hydroxylation is 2. The van der Waals surface area contributed by atoms with E-state index in [4.69, 9.17) is 0 Å². The van der Waals surface area contributed by atoms with E-state index in [1.54, 1.807) is 0 Å². The van der Waals surface area contributed by atoms with Gasteiger partial charge in [0, 0.05) is 25.4 Å². The van der Waals surface area contributed by atoms with Gasteiger partial charge in [0.15, 0.2) is 0 Å². The molecule has 1 aromatic heterocycles. The molecule has 1 N–H and O–H groups in total. The maximum Gasteiger partial charge on any atom is 0.0666 e. The van der Waals surface area contributed by atoms with Crippen molar-refractivity contribution in [1.82, 2.24) is 15.1 Å². The summed E-state index contributed by atoms with van der Waals surface area (Å²) in [4.78, 5) is 0. The Labute approximate surface area is 110 Å². The Morgan fingerprint density at radius 2 is 2.28 bits per heavy atom. The van der Waals surface area contributed by atoms with Crippen molar-refractivity contribution in [1.29, 1.82) is 0 Å². The molecule has 0 radical (unpaired) electrons. The lowest BCUT2D eigenvalue weighted by Gasteiger charge is -2.21.